The second kappa shape index (κ2) is 27.0. The Morgan fingerprint density at radius 2 is 1.51 bits per heavy atom. The number of nitrogens with one attached hydrogen (secondary N) is 2. The van der Waals surface area contributed by atoms with Gasteiger partial charge < -0.3 is 39.5 Å². The molecule has 1 heterocycles. The smallest absolute Gasteiger partial charge is 0.325 e. The third-order valence-corrected chi connectivity index (χ3v) is 9.50. The van der Waals surface area contributed by atoms with Crippen LogP contribution in [-0.2, 0) is 33.4 Å². The first kappa shape index (κ1) is 49.3. The second-order valence-corrected chi connectivity index (χ2v) is 13.8. The number of carbonyl (C=O) groups excluding carboxylic acids is 5. The van der Waals surface area contributed by atoms with Crippen LogP contribution in [0.2, 0.25) is 0 Å². The van der Waals surface area contributed by atoms with Gasteiger partial charge >= 0.3 is 12.0 Å². The van der Waals surface area contributed by atoms with Gasteiger partial charge in [-0.2, -0.15) is 0 Å². The second-order valence-electron chi connectivity index (χ2n) is 13.8. The molecule has 6 unspecified atom stereocenters. The Bertz CT molecular complexity index is 1220. The van der Waals surface area contributed by atoms with Crippen LogP contribution in [0.15, 0.2) is 30.3 Å². The minimum atomic E-state index is -0.627. The molecule has 1 aliphatic heterocycles. The summed E-state index contributed by atoms with van der Waals surface area (Å²) in [7, 11) is 5.96. The highest BCUT2D eigenvalue weighted by atomic mass is 16.5. The Morgan fingerprint density at radius 1 is 0.906 bits per heavy atom. The number of amides is 5. The van der Waals surface area contributed by atoms with Gasteiger partial charge in [0.05, 0.1) is 50.3 Å². The highest BCUT2D eigenvalue weighted by Crippen LogP contribution is 2.29. The minimum absolute atomic E-state index is 0.000993. The molecule has 1 saturated heterocycles. The lowest BCUT2D eigenvalue weighted by molar-refractivity contribution is -0.146. The van der Waals surface area contributed by atoms with Crippen LogP contribution < -0.4 is 10.6 Å². The zero-order chi connectivity index (χ0) is 40.7. The Labute approximate surface area is 319 Å². The van der Waals surface area contributed by atoms with Crippen LogP contribution in [0.5, 0.6) is 0 Å². The van der Waals surface area contributed by atoms with Gasteiger partial charge in [0.2, 0.25) is 17.7 Å². The fourth-order valence-electron chi connectivity index (χ4n) is 6.37. The summed E-state index contributed by atoms with van der Waals surface area (Å²) in [5.74, 6) is -1.99. The van der Waals surface area contributed by atoms with Gasteiger partial charge in [0.25, 0.3) is 0 Å². The van der Waals surface area contributed by atoms with E-state index in [2.05, 4.69) is 48.3 Å². The molecule has 53 heavy (non-hydrogen) atoms. The molecule has 2 N–H and O–H groups in total. The Balaban J connectivity index is 0.00000234. The fourth-order valence-corrected chi connectivity index (χ4v) is 6.37. The number of likely N-dealkylation sites (N-methyl/N-ethyl adjacent to an activating group) is 1. The minimum Gasteiger partial charge on any atom is -0.468 e. The molecule has 1 aromatic carbocycles. The van der Waals surface area contributed by atoms with Crippen molar-refractivity contribution >= 4 is 29.7 Å². The van der Waals surface area contributed by atoms with Crippen molar-refractivity contribution in [1.82, 2.24) is 25.3 Å². The predicted molar refractivity (Wildman–Crippen MR) is 209 cm³/mol. The molecule has 0 saturated carbocycles. The predicted octanol–water partition coefficient (Wildman–Crippen LogP) is 5.05. The summed E-state index contributed by atoms with van der Waals surface area (Å²) in [4.78, 5) is 68.8. The SMILES string of the molecule is CCC.CCC(C)C(C(CC(=O)N1CCCC1C(OC)C(C)C(=O)NCC(=O)OC)OC)N(C)C(=O)CNC(=O)N(CC)C(C)C.Cc1ccccc1. The summed E-state index contributed by atoms with van der Waals surface area (Å²) < 4.78 is 16.2. The molecule has 1 aliphatic rings. The molecule has 0 radical (unpaired) electrons. The first-order chi connectivity index (χ1) is 25.1. The van der Waals surface area contributed by atoms with E-state index in [9.17, 15) is 24.0 Å². The first-order valence-electron chi connectivity index (χ1n) is 19.1. The highest BCUT2D eigenvalue weighted by Gasteiger charge is 2.42. The monoisotopic (exact) mass is 750 g/mol. The van der Waals surface area contributed by atoms with Crippen molar-refractivity contribution in [3.63, 3.8) is 0 Å². The molecule has 5 amide bonds. The number of rotatable bonds is 17. The van der Waals surface area contributed by atoms with Gasteiger partial charge in [0.1, 0.15) is 6.54 Å². The number of urea groups is 1. The van der Waals surface area contributed by atoms with Gasteiger partial charge in [-0.25, -0.2) is 4.79 Å². The Hall–Kier alpha value is -3.71. The average molecular weight is 750 g/mol. The van der Waals surface area contributed by atoms with Crippen LogP contribution in [0.25, 0.3) is 0 Å². The zero-order valence-electron chi connectivity index (χ0n) is 34.9. The van der Waals surface area contributed by atoms with Gasteiger partial charge in [0.15, 0.2) is 0 Å². The van der Waals surface area contributed by atoms with Crippen molar-refractivity contribution < 1.29 is 38.2 Å². The summed E-state index contributed by atoms with van der Waals surface area (Å²) in [6.07, 6.45) is 2.25. The number of methoxy groups -OCH3 is 3. The normalized spacial score (nSPS) is 16.3. The molecule has 1 aromatic rings. The number of likely N-dealkylation sites (tertiary alicyclic amines) is 1. The molecular weight excluding hydrogens is 678 g/mol. The van der Waals surface area contributed by atoms with Gasteiger partial charge in [-0.3, -0.25) is 19.2 Å². The Kier molecular flexibility index (Phi) is 25.1. The topological polar surface area (TPSA) is 147 Å². The van der Waals surface area contributed by atoms with Crippen LogP contribution in [0.3, 0.4) is 0 Å². The summed E-state index contributed by atoms with van der Waals surface area (Å²) in [5.41, 5.74) is 1.32. The van der Waals surface area contributed by atoms with Crippen LogP contribution in [0.1, 0.15) is 93.1 Å². The summed E-state index contributed by atoms with van der Waals surface area (Å²) in [5, 5.41) is 5.28. The van der Waals surface area contributed by atoms with E-state index in [0.717, 1.165) is 12.8 Å². The Morgan fingerprint density at radius 3 is 1.96 bits per heavy atom. The number of hydrogen-bond donors (Lipinski definition) is 2. The number of aryl methyl sites for hydroxylation is 1. The molecular formula is C40H71N5O8. The van der Waals surface area contributed by atoms with E-state index in [1.807, 2.05) is 52.8 Å². The molecule has 13 heteroatoms. The number of ether oxygens (including phenoxy) is 3. The van der Waals surface area contributed by atoms with Crippen LogP contribution >= 0.6 is 0 Å². The largest absolute Gasteiger partial charge is 0.468 e. The number of benzene rings is 1. The third-order valence-electron chi connectivity index (χ3n) is 9.50. The molecule has 304 valence electrons. The van der Waals surface area contributed by atoms with E-state index in [1.165, 1.54) is 33.3 Å². The van der Waals surface area contributed by atoms with E-state index in [-0.39, 0.29) is 61.3 Å². The maximum absolute atomic E-state index is 13.7. The van der Waals surface area contributed by atoms with Gasteiger partial charge in [0, 0.05) is 40.4 Å². The quantitative estimate of drug-likeness (QED) is 0.211. The molecule has 2 rings (SSSR count). The van der Waals surface area contributed by atoms with Gasteiger partial charge in [-0.15, -0.1) is 0 Å². The van der Waals surface area contributed by atoms with Crippen LogP contribution in [0.4, 0.5) is 4.79 Å². The maximum Gasteiger partial charge on any atom is 0.325 e. The number of carbonyl (C=O) groups is 5. The number of nitrogens with zero attached hydrogens (tertiary/aromatic N) is 3. The van der Waals surface area contributed by atoms with Crippen LogP contribution in [-0.4, -0.2) is 129 Å². The molecule has 0 bridgehead atoms. The van der Waals surface area contributed by atoms with Gasteiger partial charge in [-0.05, 0) is 46.5 Å². The van der Waals surface area contributed by atoms with Crippen molar-refractivity contribution in [3.05, 3.63) is 35.9 Å². The number of esters is 1. The lowest BCUT2D eigenvalue weighted by Gasteiger charge is -2.39. The summed E-state index contributed by atoms with van der Waals surface area (Å²) in [6.45, 7) is 18.4. The van der Waals surface area contributed by atoms with E-state index in [0.29, 0.717) is 19.5 Å². The van der Waals surface area contributed by atoms with Crippen LogP contribution in [0, 0.1) is 18.8 Å². The molecule has 6 atom stereocenters. The highest BCUT2D eigenvalue weighted by molar-refractivity contribution is 5.85. The summed E-state index contributed by atoms with van der Waals surface area (Å²) >= 11 is 0. The van der Waals surface area contributed by atoms with E-state index in [1.54, 1.807) is 28.7 Å². The first-order valence-corrected chi connectivity index (χ1v) is 19.1. The lowest BCUT2D eigenvalue weighted by Crippen LogP contribution is -2.55. The van der Waals surface area contributed by atoms with E-state index >= 15 is 0 Å². The average Bonchev–Trinajstić information content (AvgIpc) is 3.63. The van der Waals surface area contributed by atoms with Crippen molar-refractivity contribution in [2.45, 2.75) is 125 Å². The molecule has 13 nitrogen and oxygen atoms in total. The van der Waals surface area contributed by atoms with E-state index < -0.39 is 30.1 Å². The third kappa shape index (κ3) is 16.9. The van der Waals surface area contributed by atoms with Crippen molar-refractivity contribution in [3.8, 4) is 0 Å². The standard InChI is InChI=1S/C30H55N5O8.C7H8.C3H8/c1-11-20(5)27(33(7)25(37)17-32-30(40)34(12-2)19(3)4)23(41-8)16-24(36)35-15-13-14-22(35)28(43-10)21(6)29(39)31-18-26(38)42-9;1-7-5-3-2-4-6-7;1-3-2/h19-23,27-28H,11-18H2,1-10H3,(H,31,39)(H,32,40);2-6H,1H3;3H2,1-2H3. The molecule has 1 fully saturated rings. The molecule has 0 aromatic heterocycles. The van der Waals surface area contributed by atoms with Crippen molar-refractivity contribution in [2.75, 3.05) is 54.6 Å². The maximum atomic E-state index is 13.7. The molecule has 0 spiro atoms. The van der Waals surface area contributed by atoms with Crippen molar-refractivity contribution in [2.24, 2.45) is 11.8 Å². The number of hydrogen-bond acceptors (Lipinski definition) is 8. The van der Waals surface area contributed by atoms with Crippen molar-refractivity contribution in [1.29, 1.82) is 0 Å². The zero-order valence-corrected chi connectivity index (χ0v) is 34.9. The molecule has 0 aliphatic carbocycles. The lowest BCUT2D eigenvalue weighted by atomic mass is 9.90. The summed E-state index contributed by atoms with van der Waals surface area (Å²) in [6, 6.07) is 9.20. The van der Waals surface area contributed by atoms with E-state index in [4.69, 9.17) is 9.47 Å². The fraction of sp³-hybridized carbons (Fsp3) is 0.725. The van der Waals surface area contributed by atoms with Gasteiger partial charge in [-0.1, -0.05) is 83.4 Å².